The summed E-state index contributed by atoms with van der Waals surface area (Å²) in [6.07, 6.45) is 0.321. The van der Waals surface area contributed by atoms with E-state index in [4.69, 9.17) is 37.4 Å². The Bertz CT molecular complexity index is 888. The van der Waals surface area contributed by atoms with E-state index in [-0.39, 0.29) is 33.7 Å². The number of nitrogens with zero attached hydrogens (tertiary/aromatic N) is 1. The van der Waals surface area contributed by atoms with Gasteiger partial charge in [0.2, 0.25) is 6.10 Å². The predicted octanol–water partition coefficient (Wildman–Crippen LogP) is 3.39. The second-order valence-corrected chi connectivity index (χ2v) is 6.25. The van der Waals surface area contributed by atoms with Gasteiger partial charge in [0.05, 0.1) is 28.4 Å². The number of hydrazone groups is 1. The number of hydrogen-bond acceptors (Lipinski definition) is 6. The van der Waals surface area contributed by atoms with Crippen molar-refractivity contribution in [3.63, 3.8) is 0 Å². The summed E-state index contributed by atoms with van der Waals surface area (Å²) in [6.45, 7) is 2.15. The van der Waals surface area contributed by atoms with Gasteiger partial charge in [0.1, 0.15) is 6.61 Å². The molecule has 142 valence electrons. The molecular weight excluding hydrogens is 395 g/mol. The minimum absolute atomic E-state index is 0.0516. The molecule has 1 heterocycles. The van der Waals surface area contributed by atoms with Gasteiger partial charge in [-0.15, -0.1) is 0 Å². The number of para-hydroxylation sites is 2. The topological polar surface area (TPSA) is 89.4 Å². The third-order valence-corrected chi connectivity index (χ3v) is 4.46. The fourth-order valence-corrected chi connectivity index (χ4v) is 2.77. The van der Waals surface area contributed by atoms with Crippen LogP contribution in [-0.4, -0.2) is 36.5 Å². The summed E-state index contributed by atoms with van der Waals surface area (Å²) >= 11 is 12.1. The van der Waals surface area contributed by atoms with Crippen LogP contribution < -0.4 is 19.6 Å². The first kappa shape index (κ1) is 19.1. The molecule has 0 saturated heterocycles. The van der Waals surface area contributed by atoms with Crippen LogP contribution in [0.1, 0.15) is 12.5 Å². The van der Waals surface area contributed by atoms with E-state index < -0.39 is 12.0 Å². The van der Waals surface area contributed by atoms with Gasteiger partial charge in [0.25, 0.3) is 5.91 Å². The fourth-order valence-electron chi connectivity index (χ4n) is 2.38. The van der Waals surface area contributed by atoms with Gasteiger partial charge in [-0.1, -0.05) is 35.3 Å². The lowest BCUT2D eigenvalue weighted by Gasteiger charge is -2.24. The Morgan fingerprint density at radius 1 is 1.41 bits per heavy atom. The van der Waals surface area contributed by atoms with Gasteiger partial charge in [-0.2, -0.15) is 5.10 Å². The molecule has 2 aromatic rings. The minimum Gasteiger partial charge on any atom is -0.504 e. The average molecular weight is 411 g/mol. The SMILES string of the molecule is CCOc1cc(Cl)c(Cl)c(/C=N\NC(=O)[C@@H]2COc3ccccc3O2)c1O. The molecule has 1 aliphatic heterocycles. The van der Waals surface area contributed by atoms with Gasteiger partial charge in [-0.3, -0.25) is 4.79 Å². The number of hydrogen-bond donors (Lipinski definition) is 2. The van der Waals surface area contributed by atoms with E-state index in [2.05, 4.69) is 10.5 Å². The van der Waals surface area contributed by atoms with Crippen molar-refractivity contribution in [1.29, 1.82) is 0 Å². The molecule has 1 atom stereocenters. The van der Waals surface area contributed by atoms with E-state index in [0.717, 1.165) is 0 Å². The van der Waals surface area contributed by atoms with Crippen LogP contribution >= 0.6 is 23.2 Å². The molecule has 3 rings (SSSR count). The Balaban J connectivity index is 1.70. The summed E-state index contributed by atoms with van der Waals surface area (Å²) in [6, 6.07) is 8.45. The van der Waals surface area contributed by atoms with Gasteiger partial charge >= 0.3 is 0 Å². The Morgan fingerprint density at radius 2 is 2.15 bits per heavy atom. The summed E-state index contributed by atoms with van der Waals surface area (Å²) in [4.78, 5) is 12.2. The second-order valence-electron chi connectivity index (χ2n) is 5.46. The number of fused-ring (bicyclic) bond motifs is 1. The lowest BCUT2D eigenvalue weighted by atomic mass is 10.2. The first-order valence-corrected chi connectivity index (χ1v) is 8.82. The predicted molar refractivity (Wildman–Crippen MR) is 101 cm³/mol. The molecule has 9 heteroatoms. The van der Waals surface area contributed by atoms with Gasteiger partial charge in [0.15, 0.2) is 23.0 Å². The third kappa shape index (κ3) is 4.20. The first-order chi connectivity index (χ1) is 13.0. The van der Waals surface area contributed by atoms with Crippen LogP contribution in [0.5, 0.6) is 23.0 Å². The number of rotatable bonds is 5. The molecule has 0 saturated carbocycles. The van der Waals surface area contributed by atoms with Crippen molar-refractivity contribution in [2.75, 3.05) is 13.2 Å². The van der Waals surface area contributed by atoms with E-state index in [1.54, 1.807) is 25.1 Å². The van der Waals surface area contributed by atoms with E-state index in [1.807, 2.05) is 6.07 Å². The second kappa shape index (κ2) is 8.37. The number of phenolic OH excluding ortho intramolecular Hbond substituents is 1. The van der Waals surface area contributed by atoms with Gasteiger partial charge in [-0.25, -0.2) is 5.43 Å². The normalized spacial score (nSPS) is 15.6. The lowest BCUT2D eigenvalue weighted by molar-refractivity contribution is -0.130. The van der Waals surface area contributed by atoms with E-state index in [0.29, 0.717) is 18.1 Å². The average Bonchev–Trinajstić information content (AvgIpc) is 2.68. The summed E-state index contributed by atoms with van der Waals surface area (Å²) in [5.41, 5.74) is 2.45. The van der Waals surface area contributed by atoms with Crippen molar-refractivity contribution in [2.24, 2.45) is 5.10 Å². The number of phenols is 1. The Hall–Kier alpha value is -2.64. The molecule has 1 aliphatic rings. The number of carbonyl (C=O) groups excluding carboxylic acids is 1. The highest BCUT2D eigenvalue weighted by atomic mass is 35.5. The molecule has 27 heavy (non-hydrogen) atoms. The Morgan fingerprint density at radius 3 is 2.89 bits per heavy atom. The summed E-state index contributed by atoms with van der Waals surface area (Å²) < 4.78 is 16.4. The quantitative estimate of drug-likeness (QED) is 0.582. The molecule has 0 aromatic heterocycles. The van der Waals surface area contributed by atoms with Crippen LogP contribution in [0, 0.1) is 0 Å². The highest BCUT2D eigenvalue weighted by Gasteiger charge is 2.27. The van der Waals surface area contributed by atoms with Crippen LogP contribution in [0.2, 0.25) is 10.0 Å². The molecule has 1 amide bonds. The monoisotopic (exact) mass is 410 g/mol. The van der Waals surface area contributed by atoms with Gasteiger partial charge in [-0.05, 0) is 19.1 Å². The van der Waals surface area contributed by atoms with E-state index in [9.17, 15) is 9.90 Å². The van der Waals surface area contributed by atoms with Crippen molar-refractivity contribution in [3.05, 3.63) is 45.9 Å². The van der Waals surface area contributed by atoms with Crippen LogP contribution in [0.4, 0.5) is 0 Å². The number of halogens is 2. The molecule has 0 radical (unpaired) electrons. The summed E-state index contributed by atoms with van der Waals surface area (Å²) in [7, 11) is 0. The zero-order valence-electron chi connectivity index (χ0n) is 14.2. The highest BCUT2D eigenvalue weighted by molar-refractivity contribution is 6.43. The standard InChI is InChI=1S/C18H16Cl2N2O5/c1-2-25-14-7-11(19)16(20)10(17(14)23)8-21-22-18(24)15-9-26-12-5-3-4-6-13(12)27-15/h3-8,15,23H,2,9H2,1H3,(H,22,24)/b21-8-/t15-/m0/s1. The first-order valence-electron chi connectivity index (χ1n) is 8.06. The molecule has 7 nitrogen and oxygen atoms in total. The number of nitrogens with one attached hydrogen (secondary N) is 1. The number of amides is 1. The highest BCUT2D eigenvalue weighted by Crippen LogP contribution is 2.39. The van der Waals surface area contributed by atoms with Crippen molar-refractivity contribution < 1.29 is 24.1 Å². The summed E-state index contributed by atoms with van der Waals surface area (Å²) in [5.74, 6) is 0.480. The maximum atomic E-state index is 12.2. The number of carbonyl (C=O) groups is 1. The van der Waals surface area contributed by atoms with Crippen molar-refractivity contribution in [1.82, 2.24) is 5.43 Å². The fraction of sp³-hybridized carbons (Fsp3) is 0.222. The number of benzene rings is 2. The third-order valence-electron chi connectivity index (χ3n) is 3.66. The Labute approximate surface area is 165 Å². The number of aromatic hydroxyl groups is 1. The van der Waals surface area contributed by atoms with Crippen molar-refractivity contribution >= 4 is 35.3 Å². The van der Waals surface area contributed by atoms with Crippen LogP contribution in [-0.2, 0) is 4.79 Å². The van der Waals surface area contributed by atoms with Crippen LogP contribution in [0.25, 0.3) is 0 Å². The van der Waals surface area contributed by atoms with E-state index in [1.165, 1.54) is 12.3 Å². The molecule has 2 aromatic carbocycles. The molecule has 0 bridgehead atoms. The zero-order valence-corrected chi connectivity index (χ0v) is 15.8. The lowest BCUT2D eigenvalue weighted by Crippen LogP contribution is -2.42. The number of ether oxygens (including phenoxy) is 3. The van der Waals surface area contributed by atoms with Gasteiger partial charge < -0.3 is 19.3 Å². The Kier molecular flexibility index (Phi) is 5.93. The van der Waals surface area contributed by atoms with Crippen molar-refractivity contribution in [3.8, 4) is 23.0 Å². The largest absolute Gasteiger partial charge is 0.504 e. The molecule has 2 N–H and O–H groups in total. The molecule has 0 spiro atoms. The molecule has 0 fully saturated rings. The maximum absolute atomic E-state index is 12.2. The van der Waals surface area contributed by atoms with Gasteiger partial charge in [0, 0.05) is 6.07 Å². The molecular formula is C18H16Cl2N2O5. The maximum Gasteiger partial charge on any atom is 0.284 e. The smallest absolute Gasteiger partial charge is 0.284 e. The molecule has 0 aliphatic carbocycles. The van der Waals surface area contributed by atoms with E-state index >= 15 is 0 Å². The van der Waals surface area contributed by atoms with Crippen LogP contribution in [0.3, 0.4) is 0 Å². The summed E-state index contributed by atoms with van der Waals surface area (Å²) in [5, 5.41) is 14.3. The molecule has 0 unspecified atom stereocenters. The minimum atomic E-state index is -0.862. The zero-order chi connectivity index (χ0) is 19.4. The van der Waals surface area contributed by atoms with Crippen molar-refractivity contribution in [2.45, 2.75) is 13.0 Å². The van der Waals surface area contributed by atoms with Crippen LogP contribution in [0.15, 0.2) is 35.4 Å².